The van der Waals surface area contributed by atoms with Crippen molar-refractivity contribution in [1.29, 1.82) is 0 Å². The zero-order valence-electron chi connectivity index (χ0n) is 10.7. The lowest BCUT2D eigenvalue weighted by molar-refractivity contribution is 0.145. The van der Waals surface area contributed by atoms with Crippen LogP contribution in [0, 0.1) is 0 Å². The molecule has 1 N–H and O–H groups in total. The van der Waals surface area contributed by atoms with Gasteiger partial charge in [0.15, 0.2) is 0 Å². The van der Waals surface area contributed by atoms with E-state index < -0.39 is 0 Å². The van der Waals surface area contributed by atoms with Crippen LogP contribution < -0.4 is 5.32 Å². The molecule has 1 aromatic rings. The predicted molar refractivity (Wildman–Crippen MR) is 73.5 cm³/mol. The van der Waals surface area contributed by atoms with E-state index in [0.717, 1.165) is 32.7 Å². The molecule has 0 saturated carbocycles. The predicted octanol–water partition coefficient (Wildman–Crippen LogP) is 2.58. The van der Waals surface area contributed by atoms with Gasteiger partial charge in [-0.05, 0) is 32.0 Å². The van der Waals surface area contributed by atoms with E-state index in [0.29, 0.717) is 5.25 Å². The van der Waals surface area contributed by atoms with Crippen molar-refractivity contribution in [3.8, 4) is 0 Å². The Morgan fingerprint density at radius 1 is 1.41 bits per heavy atom. The first kappa shape index (κ1) is 14.5. The number of nitrogens with one attached hydrogen (secondary N) is 1. The highest BCUT2D eigenvalue weighted by molar-refractivity contribution is 8.00. The number of hydrogen-bond donors (Lipinski definition) is 1. The maximum absolute atomic E-state index is 5.28. The molecule has 0 saturated heterocycles. The highest BCUT2D eigenvalue weighted by Gasteiger charge is 2.03. The van der Waals surface area contributed by atoms with Crippen molar-refractivity contribution in [2.75, 3.05) is 26.3 Å². The van der Waals surface area contributed by atoms with Crippen LogP contribution in [0.2, 0.25) is 0 Å². The molecule has 1 unspecified atom stereocenters. The van der Waals surface area contributed by atoms with Crippen LogP contribution in [0.1, 0.15) is 20.3 Å². The molecule has 1 aromatic heterocycles. The average Bonchev–Trinajstić information content (AvgIpc) is 2.35. The number of pyridine rings is 1. The third-order valence-electron chi connectivity index (χ3n) is 2.27. The van der Waals surface area contributed by atoms with Gasteiger partial charge >= 0.3 is 0 Å². The summed E-state index contributed by atoms with van der Waals surface area (Å²) in [6.45, 7) is 7.99. The summed E-state index contributed by atoms with van der Waals surface area (Å²) in [5.41, 5.74) is 0. The molecule has 0 spiro atoms. The van der Waals surface area contributed by atoms with Crippen molar-refractivity contribution in [2.24, 2.45) is 0 Å². The van der Waals surface area contributed by atoms with E-state index in [2.05, 4.69) is 29.4 Å². The Hall–Kier alpha value is -0.580. The van der Waals surface area contributed by atoms with Crippen LogP contribution in [0.15, 0.2) is 29.4 Å². The van der Waals surface area contributed by atoms with E-state index in [1.54, 1.807) is 0 Å². The molecule has 0 aliphatic carbocycles. The minimum Gasteiger partial charge on any atom is -0.382 e. The molecule has 0 aromatic carbocycles. The highest BCUT2D eigenvalue weighted by atomic mass is 32.2. The molecule has 0 radical (unpaired) electrons. The quantitative estimate of drug-likeness (QED) is 0.542. The van der Waals surface area contributed by atoms with E-state index in [1.165, 1.54) is 4.90 Å². The summed E-state index contributed by atoms with van der Waals surface area (Å²) in [7, 11) is 0. The molecular weight excluding hydrogens is 232 g/mol. The molecule has 0 amide bonds. The summed E-state index contributed by atoms with van der Waals surface area (Å²) in [5, 5.41) is 4.02. The molecule has 17 heavy (non-hydrogen) atoms. The van der Waals surface area contributed by atoms with Crippen molar-refractivity contribution in [2.45, 2.75) is 30.4 Å². The molecule has 3 nitrogen and oxygen atoms in total. The van der Waals surface area contributed by atoms with Gasteiger partial charge in [0, 0.05) is 42.3 Å². The van der Waals surface area contributed by atoms with Gasteiger partial charge in [0.05, 0.1) is 0 Å². The largest absolute Gasteiger partial charge is 0.382 e. The van der Waals surface area contributed by atoms with Gasteiger partial charge in [-0.15, -0.1) is 11.8 Å². The number of hydrogen-bond acceptors (Lipinski definition) is 4. The summed E-state index contributed by atoms with van der Waals surface area (Å²) in [6.07, 6.45) is 4.76. The second-order valence-corrected chi connectivity index (χ2v) is 5.38. The Labute approximate surface area is 108 Å². The van der Waals surface area contributed by atoms with Crippen LogP contribution in [0.3, 0.4) is 0 Å². The van der Waals surface area contributed by atoms with Gasteiger partial charge in [-0.1, -0.05) is 6.92 Å². The molecule has 1 rings (SSSR count). The summed E-state index contributed by atoms with van der Waals surface area (Å²) in [4.78, 5) is 5.29. The number of rotatable bonds is 9. The molecule has 0 bridgehead atoms. The summed E-state index contributed by atoms with van der Waals surface area (Å²) in [6, 6.07) is 4.10. The molecule has 0 fully saturated rings. The molecule has 0 aliphatic rings. The Morgan fingerprint density at radius 2 is 2.18 bits per heavy atom. The zero-order chi connectivity index (χ0) is 12.3. The fourth-order valence-electron chi connectivity index (χ4n) is 1.44. The second-order valence-electron chi connectivity index (χ2n) is 3.87. The van der Waals surface area contributed by atoms with Crippen LogP contribution in [-0.2, 0) is 4.74 Å². The van der Waals surface area contributed by atoms with E-state index >= 15 is 0 Å². The van der Waals surface area contributed by atoms with Crippen molar-refractivity contribution < 1.29 is 4.74 Å². The van der Waals surface area contributed by atoms with Crippen molar-refractivity contribution >= 4 is 11.8 Å². The van der Waals surface area contributed by atoms with E-state index in [1.807, 2.05) is 31.1 Å². The molecule has 96 valence electrons. The van der Waals surface area contributed by atoms with Gasteiger partial charge in [-0.3, -0.25) is 4.98 Å². The van der Waals surface area contributed by atoms with Gasteiger partial charge < -0.3 is 10.1 Å². The lowest BCUT2D eigenvalue weighted by Crippen LogP contribution is -2.24. The maximum Gasteiger partial charge on any atom is 0.0477 e. The summed E-state index contributed by atoms with van der Waals surface area (Å²) >= 11 is 1.88. The van der Waals surface area contributed by atoms with Gasteiger partial charge in [-0.2, -0.15) is 0 Å². The van der Waals surface area contributed by atoms with Crippen LogP contribution in [0.4, 0.5) is 0 Å². The lowest BCUT2D eigenvalue weighted by Gasteiger charge is -2.12. The van der Waals surface area contributed by atoms with Gasteiger partial charge in [0.25, 0.3) is 0 Å². The number of ether oxygens (including phenoxy) is 1. The fourth-order valence-corrected chi connectivity index (χ4v) is 2.38. The van der Waals surface area contributed by atoms with Gasteiger partial charge in [-0.25, -0.2) is 0 Å². The maximum atomic E-state index is 5.28. The number of thioether (sulfide) groups is 1. The first-order valence-corrected chi connectivity index (χ1v) is 7.06. The van der Waals surface area contributed by atoms with E-state index in [9.17, 15) is 0 Å². The average molecular weight is 254 g/mol. The number of nitrogens with zero attached hydrogens (tertiary/aromatic N) is 1. The first-order chi connectivity index (χ1) is 8.33. The third kappa shape index (κ3) is 7.36. The van der Waals surface area contributed by atoms with Crippen molar-refractivity contribution in [3.63, 3.8) is 0 Å². The fraction of sp³-hybridized carbons (Fsp3) is 0.615. The minimum atomic E-state index is 0.574. The third-order valence-corrected chi connectivity index (χ3v) is 3.38. The van der Waals surface area contributed by atoms with Crippen LogP contribution in [-0.4, -0.2) is 36.5 Å². The number of aromatic nitrogens is 1. The molecule has 4 heteroatoms. The Kier molecular flexibility index (Phi) is 8.05. The summed E-state index contributed by atoms with van der Waals surface area (Å²) < 4.78 is 5.28. The van der Waals surface area contributed by atoms with E-state index in [-0.39, 0.29) is 0 Å². The van der Waals surface area contributed by atoms with Crippen LogP contribution in [0.25, 0.3) is 0 Å². The smallest absolute Gasteiger partial charge is 0.0477 e. The van der Waals surface area contributed by atoms with Crippen molar-refractivity contribution in [3.05, 3.63) is 24.5 Å². The van der Waals surface area contributed by atoms with E-state index in [4.69, 9.17) is 4.74 Å². The lowest BCUT2D eigenvalue weighted by atomic mass is 10.4. The zero-order valence-corrected chi connectivity index (χ0v) is 11.5. The standard InChI is InChI=1S/C13H22N2OS/c1-3-16-10-4-7-15-11-12(2)17-13-5-8-14-9-6-13/h5-6,8-9,12,15H,3-4,7,10-11H2,1-2H3. The Bertz CT molecular complexity index is 282. The van der Waals surface area contributed by atoms with Crippen LogP contribution >= 0.6 is 11.8 Å². The molecule has 0 aliphatic heterocycles. The SMILES string of the molecule is CCOCCCNCC(C)Sc1ccncc1. The normalized spacial score (nSPS) is 12.6. The molecular formula is C13H22N2OS. The van der Waals surface area contributed by atoms with Crippen molar-refractivity contribution in [1.82, 2.24) is 10.3 Å². The van der Waals surface area contributed by atoms with Crippen LogP contribution in [0.5, 0.6) is 0 Å². The monoisotopic (exact) mass is 254 g/mol. The molecule has 1 atom stereocenters. The van der Waals surface area contributed by atoms with Gasteiger partial charge in [0.1, 0.15) is 0 Å². The second kappa shape index (κ2) is 9.45. The highest BCUT2D eigenvalue weighted by Crippen LogP contribution is 2.21. The first-order valence-electron chi connectivity index (χ1n) is 6.18. The Balaban J connectivity index is 2.03. The van der Waals surface area contributed by atoms with Gasteiger partial charge in [0.2, 0.25) is 0 Å². The minimum absolute atomic E-state index is 0.574. The topological polar surface area (TPSA) is 34.1 Å². The molecule has 1 heterocycles. The Morgan fingerprint density at radius 3 is 2.88 bits per heavy atom. The summed E-state index contributed by atoms with van der Waals surface area (Å²) in [5.74, 6) is 0.